The van der Waals surface area contributed by atoms with Gasteiger partial charge in [0.25, 0.3) is 0 Å². The van der Waals surface area contributed by atoms with E-state index in [1.165, 1.54) is 0 Å². The molecule has 0 radical (unpaired) electrons. The molecule has 0 bridgehead atoms. The normalized spacial score (nSPS) is 11.3. The maximum absolute atomic E-state index is 11.3. The largest absolute Gasteiger partial charge is 0.465 e. The van der Waals surface area contributed by atoms with Gasteiger partial charge in [0.1, 0.15) is 6.54 Å². The minimum Gasteiger partial charge on any atom is -0.465 e. The number of hydrogen-bond acceptors (Lipinski definition) is 3. The van der Waals surface area contributed by atoms with Crippen molar-refractivity contribution >= 4 is 11.8 Å². The monoisotopic (exact) mass is 214 g/mol. The number of likely N-dealkylation sites (N-methyl/N-ethyl adjacent to an activating group) is 1. The van der Waals surface area contributed by atoms with E-state index in [1.807, 2.05) is 32.6 Å². The Morgan fingerprint density at radius 3 is 2.33 bits per heavy atom. The number of rotatable bonds is 6. The summed E-state index contributed by atoms with van der Waals surface area (Å²) in [6.45, 7) is 10.1. The first-order valence-electron chi connectivity index (χ1n) is 5.63. The Morgan fingerprint density at radius 1 is 1.27 bits per heavy atom. The molecule has 0 heterocycles. The van der Waals surface area contributed by atoms with Crippen LogP contribution in [0, 0.1) is 0 Å². The van der Waals surface area contributed by atoms with E-state index in [9.17, 15) is 4.79 Å². The van der Waals surface area contributed by atoms with Gasteiger partial charge in [-0.3, -0.25) is 9.79 Å². The van der Waals surface area contributed by atoms with Crippen LogP contribution in [0.2, 0.25) is 0 Å². The van der Waals surface area contributed by atoms with Gasteiger partial charge in [-0.25, -0.2) is 0 Å². The zero-order valence-corrected chi connectivity index (χ0v) is 10.2. The molecule has 0 N–H and O–H groups in total. The van der Waals surface area contributed by atoms with Crippen LogP contribution in [0.15, 0.2) is 4.99 Å². The fraction of sp³-hybridized carbons (Fsp3) is 0.818. The summed E-state index contributed by atoms with van der Waals surface area (Å²) in [7, 11) is 0. The Labute approximate surface area is 92.3 Å². The quantitative estimate of drug-likeness (QED) is 0.384. The van der Waals surface area contributed by atoms with E-state index in [0.29, 0.717) is 13.2 Å². The van der Waals surface area contributed by atoms with Gasteiger partial charge in [0, 0.05) is 19.5 Å². The van der Waals surface area contributed by atoms with E-state index < -0.39 is 0 Å². The maximum atomic E-state index is 11.3. The Bertz CT molecular complexity index is 215. The standard InChI is InChI=1S/C11H22N2O2/c1-5-10(12-6-2)13(7-3)9-11(14)15-8-4/h5-9H2,1-4H3/b12-10+. The summed E-state index contributed by atoms with van der Waals surface area (Å²) in [5.41, 5.74) is 0. The highest BCUT2D eigenvalue weighted by atomic mass is 16.5. The van der Waals surface area contributed by atoms with Crippen molar-refractivity contribution in [3.05, 3.63) is 0 Å². The molecular formula is C11H22N2O2. The molecule has 0 aliphatic carbocycles. The molecule has 0 aromatic carbocycles. The number of amidine groups is 1. The van der Waals surface area contributed by atoms with Gasteiger partial charge in [-0.1, -0.05) is 6.92 Å². The van der Waals surface area contributed by atoms with Gasteiger partial charge in [-0.05, 0) is 20.8 Å². The average Bonchev–Trinajstić information content (AvgIpc) is 2.23. The summed E-state index contributed by atoms with van der Waals surface area (Å²) in [5, 5.41) is 0. The summed E-state index contributed by atoms with van der Waals surface area (Å²) in [6, 6.07) is 0. The van der Waals surface area contributed by atoms with Crippen molar-refractivity contribution < 1.29 is 9.53 Å². The topological polar surface area (TPSA) is 41.9 Å². The van der Waals surface area contributed by atoms with E-state index in [1.54, 1.807) is 0 Å². The lowest BCUT2D eigenvalue weighted by molar-refractivity contribution is -0.143. The van der Waals surface area contributed by atoms with Crippen molar-refractivity contribution in [1.82, 2.24) is 4.90 Å². The summed E-state index contributed by atoms with van der Waals surface area (Å²) >= 11 is 0. The molecule has 15 heavy (non-hydrogen) atoms. The first-order valence-corrected chi connectivity index (χ1v) is 5.63. The second-order valence-electron chi connectivity index (χ2n) is 3.06. The Morgan fingerprint density at radius 2 is 1.93 bits per heavy atom. The number of carbonyl (C=O) groups excluding carboxylic acids is 1. The zero-order valence-electron chi connectivity index (χ0n) is 10.2. The molecule has 0 aromatic rings. The lowest BCUT2D eigenvalue weighted by Gasteiger charge is -2.22. The highest BCUT2D eigenvalue weighted by molar-refractivity contribution is 5.85. The SMILES string of the molecule is CC/N=C(\CC)N(CC)CC(=O)OCC. The van der Waals surface area contributed by atoms with Crippen LogP contribution in [-0.4, -0.2) is 42.9 Å². The number of nitrogens with zero attached hydrogens (tertiary/aromatic N) is 2. The molecule has 0 amide bonds. The highest BCUT2D eigenvalue weighted by Gasteiger charge is 2.12. The zero-order chi connectivity index (χ0) is 11.7. The second-order valence-corrected chi connectivity index (χ2v) is 3.06. The number of aliphatic imine (C=N–C) groups is 1. The Balaban J connectivity index is 4.33. The molecule has 0 aliphatic heterocycles. The van der Waals surface area contributed by atoms with Crippen molar-refractivity contribution in [3.8, 4) is 0 Å². The predicted molar refractivity (Wildman–Crippen MR) is 62.1 cm³/mol. The van der Waals surface area contributed by atoms with Gasteiger partial charge in [-0.2, -0.15) is 0 Å². The summed E-state index contributed by atoms with van der Waals surface area (Å²) in [5.74, 6) is 0.796. The molecule has 0 spiro atoms. The van der Waals surface area contributed by atoms with Crippen LogP contribution in [0.1, 0.15) is 34.1 Å². The van der Waals surface area contributed by atoms with Gasteiger partial charge < -0.3 is 9.64 Å². The molecule has 0 rings (SSSR count). The van der Waals surface area contributed by atoms with Crippen LogP contribution in [0.3, 0.4) is 0 Å². The van der Waals surface area contributed by atoms with Gasteiger partial charge in [0.2, 0.25) is 0 Å². The van der Waals surface area contributed by atoms with Crippen LogP contribution >= 0.6 is 0 Å². The third kappa shape index (κ3) is 5.40. The van der Waals surface area contributed by atoms with Crippen molar-refractivity contribution in [1.29, 1.82) is 0 Å². The molecule has 0 fully saturated rings. The Hall–Kier alpha value is -1.06. The first kappa shape index (κ1) is 13.9. The van der Waals surface area contributed by atoms with Crippen LogP contribution in [0.25, 0.3) is 0 Å². The van der Waals surface area contributed by atoms with Crippen LogP contribution < -0.4 is 0 Å². The number of carbonyl (C=O) groups is 1. The van der Waals surface area contributed by atoms with Crippen molar-refractivity contribution in [2.75, 3.05) is 26.2 Å². The molecule has 88 valence electrons. The van der Waals surface area contributed by atoms with Crippen molar-refractivity contribution in [3.63, 3.8) is 0 Å². The smallest absolute Gasteiger partial charge is 0.325 e. The number of esters is 1. The molecular weight excluding hydrogens is 192 g/mol. The van der Waals surface area contributed by atoms with Crippen molar-refractivity contribution in [2.24, 2.45) is 4.99 Å². The predicted octanol–water partition coefficient (Wildman–Crippen LogP) is 1.70. The van der Waals surface area contributed by atoms with Gasteiger partial charge in [-0.15, -0.1) is 0 Å². The van der Waals surface area contributed by atoms with Crippen LogP contribution in [0.4, 0.5) is 0 Å². The van der Waals surface area contributed by atoms with E-state index >= 15 is 0 Å². The summed E-state index contributed by atoms with van der Waals surface area (Å²) in [6.07, 6.45) is 0.848. The molecule has 0 saturated carbocycles. The lowest BCUT2D eigenvalue weighted by Crippen LogP contribution is -2.36. The number of ether oxygens (including phenoxy) is 1. The van der Waals surface area contributed by atoms with E-state index in [-0.39, 0.29) is 5.97 Å². The molecule has 4 heteroatoms. The third-order valence-corrected chi connectivity index (χ3v) is 2.03. The summed E-state index contributed by atoms with van der Waals surface area (Å²) < 4.78 is 4.91. The molecule has 0 unspecified atom stereocenters. The van der Waals surface area contributed by atoms with Crippen LogP contribution in [0.5, 0.6) is 0 Å². The summed E-state index contributed by atoms with van der Waals surface area (Å²) in [4.78, 5) is 17.6. The van der Waals surface area contributed by atoms with Gasteiger partial charge in [0.05, 0.1) is 12.4 Å². The maximum Gasteiger partial charge on any atom is 0.325 e. The molecule has 4 nitrogen and oxygen atoms in total. The first-order chi connectivity index (χ1) is 7.19. The third-order valence-electron chi connectivity index (χ3n) is 2.03. The fourth-order valence-corrected chi connectivity index (χ4v) is 1.37. The number of hydrogen-bond donors (Lipinski definition) is 0. The van der Waals surface area contributed by atoms with Gasteiger partial charge in [0.15, 0.2) is 0 Å². The average molecular weight is 214 g/mol. The van der Waals surface area contributed by atoms with Crippen LogP contribution in [-0.2, 0) is 9.53 Å². The minimum absolute atomic E-state index is 0.184. The molecule has 0 aromatic heterocycles. The second kappa shape index (κ2) is 8.26. The minimum atomic E-state index is -0.184. The molecule has 0 atom stereocenters. The fourth-order valence-electron chi connectivity index (χ4n) is 1.37. The molecule has 0 aliphatic rings. The Kier molecular flexibility index (Phi) is 7.68. The van der Waals surface area contributed by atoms with Gasteiger partial charge >= 0.3 is 5.97 Å². The van der Waals surface area contributed by atoms with E-state index in [4.69, 9.17) is 4.74 Å². The van der Waals surface area contributed by atoms with E-state index in [2.05, 4.69) is 4.99 Å². The van der Waals surface area contributed by atoms with E-state index in [0.717, 1.165) is 25.3 Å². The highest BCUT2D eigenvalue weighted by Crippen LogP contribution is 1.98. The lowest BCUT2D eigenvalue weighted by atomic mass is 10.3. The van der Waals surface area contributed by atoms with Crippen molar-refractivity contribution in [2.45, 2.75) is 34.1 Å². The molecule has 0 saturated heterocycles.